The SMILES string of the molecule is CCC1c2ccccc2C2(c3cc(B4C(C)(C)C4(C)C)ccc3-c3cccnc32)c2ccccc21. The van der Waals surface area contributed by atoms with Gasteiger partial charge in [0.2, 0.25) is 0 Å². The molecule has 2 aliphatic carbocycles. The van der Waals surface area contributed by atoms with E-state index < -0.39 is 0 Å². The summed E-state index contributed by atoms with van der Waals surface area (Å²) in [5, 5.41) is 0.599. The number of aromatic nitrogens is 1. The van der Waals surface area contributed by atoms with Crippen LogP contribution in [0.5, 0.6) is 0 Å². The molecule has 0 amide bonds. The zero-order valence-corrected chi connectivity index (χ0v) is 21.4. The van der Waals surface area contributed by atoms with E-state index in [2.05, 4.69) is 113 Å². The fraction of sp³-hybridized carbons (Fsp3) is 0.303. The van der Waals surface area contributed by atoms with Crippen LogP contribution < -0.4 is 5.46 Å². The standard InChI is InChI=1S/C33H32BN/c1-6-22-23-12-7-9-15-27(23)33(28-16-10-8-13-24(22)28)29-20-21(34-31(2,3)32(34,4)5)17-18-25(29)26-14-11-19-35-30(26)33/h7-20,22H,6H2,1-5H3. The molecule has 4 aromatic rings. The highest BCUT2D eigenvalue weighted by Gasteiger charge is 2.68. The molecule has 7 rings (SSSR count). The van der Waals surface area contributed by atoms with Crippen LogP contribution in [0, 0.1) is 0 Å². The monoisotopic (exact) mass is 453 g/mol. The van der Waals surface area contributed by atoms with Crippen molar-refractivity contribution in [3.8, 4) is 11.1 Å². The van der Waals surface area contributed by atoms with E-state index in [0.29, 0.717) is 23.3 Å². The first kappa shape index (κ1) is 21.2. The minimum Gasteiger partial charge on any atom is -0.259 e. The third kappa shape index (κ3) is 2.39. The zero-order valence-electron chi connectivity index (χ0n) is 21.4. The molecule has 3 aromatic carbocycles. The highest BCUT2D eigenvalue weighted by Crippen LogP contribution is 2.73. The van der Waals surface area contributed by atoms with Gasteiger partial charge in [-0.1, -0.05) is 124 Å². The summed E-state index contributed by atoms with van der Waals surface area (Å²) in [5.74, 6) is 0.411. The lowest BCUT2D eigenvalue weighted by molar-refractivity contribution is 0.628. The van der Waals surface area contributed by atoms with Gasteiger partial charge in [0.05, 0.1) is 11.1 Å². The van der Waals surface area contributed by atoms with E-state index in [-0.39, 0.29) is 5.41 Å². The Kier molecular flexibility index (Phi) is 4.09. The Hall–Kier alpha value is -3.13. The Morgan fingerprint density at radius 1 is 0.714 bits per heavy atom. The number of rotatable bonds is 2. The first-order chi connectivity index (χ1) is 16.8. The lowest BCUT2D eigenvalue weighted by Crippen LogP contribution is -2.37. The van der Waals surface area contributed by atoms with Crippen molar-refractivity contribution < 1.29 is 0 Å². The van der Waals surface area contributed by atoms with Crippen molar-refractivity contribution in [3.63, 3.8) is 0 Å². The number of benzene rings is 3. The summed E-state index contributed by atoms with van der Waals surface area (Å²) in [4.78, 5) is 5.15. The molecule has 3 aliphatic rings. The molecule has 172 valence electrons. The molecule has 1 fully saturated rings. The normalized spacial score (nSPS) is 23.9. The van der Waals surface area contributed by atoms with Gasteiger partial charge in [-0.05, 0) is 45.9 Å². The van der Waals surface area contributed by atoms with Gasteiger partial charge in [0.1, 0.15) is 0 Å². The maximum Gasteiger partial charge on any atom is 0.187 e. The number of nitrogens with zero attached hydrogens (tertiary/aromatic N) is 1. The van der Waals surface area contributed by atoms with Gasteiger partial charge in [-0.25, -0.2) is 0 Å². The molecule has 1 aliphatic heterocycles. The molecule has 0 radical (unpaired) electrons. The molecule has 1 spiro atoms. The van der Waals surface area contributed by atoms with Gasteiger partial charge in [0.25, 0.3) is 0 Å². The maximum absolute atomic E-state index is 5.15. The van der Waals surface area contributed by atoms with Crippen LogP contribution >= 0.6 is 0 Å². The molecule has 1 nitrogen and oxygen atoms in total. The Morgan fingerprint density at radius 3 is 1.94 bits per heavy atom. The highest BCUT2D eigenvalue weighted by molar-refractivity contribution is 6.89. The Labute approximate surface area is 209 Å². The van der Waals surface area contributed by atoms with E-state index in [0.717, 1.165) is 6.42 Å². The quantitative estimate of drug-likeness (QED) is 0.251. The Balaban J connectivity index is 1.61. The summed E-state index contributed by atoms with van der Waals surface area (Å²) in [6, 6.07) is 30.0. The lowest BCUT2D eigenvalue weighted by Gasteiger charge is -2.42. The van der Waals surface area contributed by atoms with Crippen LogP contribution in [-0.4, -0.2) is 11.7 Å². The summed E-state index contributed by atoms with van der Waals surface area (Å²) in [6.45, 7) is 12.6. The van der Waals surface area contributed by atoms with Gasteiger partial charge in [-0.2, -0.15) is 0 Å². The van der Waals surface area contributed by atoms with Crippen molar-refractivity contribution in [2.75, 3.05) is 0 Å². The molecule has 1 saturated heterocycles. The first-order valence-electron chi connectivity index (χ1n) is 13.1. The van der Waals surface area contributed by atoms with Crippen molar-refractivity contribution in [2.45, 2.75) is 63.0 Å². The van der Waals surface area contributed by atoms with Crippen LogP contribution in [0.25, 0.3) is 11.1 Å². The van der Waals surface area contributed by atoms with Crippen LogP contribution in [0.1, 0.15) is 80.5 Å². The summed E-state index contributed by atoms with van der Waals surface area (Å²) in [6.07, 6.45) is 3.08. The molecule has 2 heteroatoms. The average molecular weight is 453 g/mol. The smallest absolute Gasteiger partial charge is 0.187 e. The summed E-state index contributed by atoms with van der Waals surface area (Å²) < 4.78 is 0. The molecule has 35 heavy (non-hydrogen) atoms. The van der Waals surface area contributed by atoms with E-state index in [9.17, 15) is 0 Å². The van der Waals surface area contributed by atoms with Crippen molar-refractivity contribution in [1.82, 2.24) is 4.98 Å². The van der Waals surface area contributed by atoms with E-state index in [1.54, 1.807) is 0 Å². The van der Waals surface area contributed by atoms with Crippen LogP contribution in [0.2, 0.25) is 10.6 Å². The number of fused-ring (bicyclic) bond motifs is 9. The van der Waals surface area contributed by atoms with Gasteiger partial charge in [0.15, 0.2) is 6.71 Å². The fourth-order valence-electron chi connectivity index (χ4n) is 7.95. The van der Waals surface area contributed by atoms with Crippen LogP contribution in [0.4, 0.5) is 0 Å². The topological polar surface area (TPSA) is 12.9 Å². The van der Waals surface area contributed by atoms with Crippen molar-refractivity contribution in [1.29, 1.82) is 0 Å². The minimum absolute atomic E-state index is 0.299. The van der Waals surface area contributed by atoms with E-state index in [4.69, 9.17) is 4.98 Å². The van der Waals surface area contributed by atoms with E-state index in [1.165, 1.54) is 50.1 Å². The second kappa shape index (κ2) is 6.75. The van der Waals surface area contributed by atoms with Gasteiger partial charge >= 0.3 is 0 Å². The molecule has 1 aromatic heterocycles. The molecular weight excluding hydrogens is 421 g/mol. The highest BCUT2D eigenvalue weighted by atomic mass is 14.7. The van der Waals surface area contributed by atoms with Gasteiger partial charge in [-0.3, -0.25) is 4.98 Å². The van der Waals surface area contributed by atoms with Crippen molar-refractivity contribution in [3.05, 3.63) is 119 Å². The fourth-order valence-corrected chi connectivity index (χ4v) is 7.95. The Bertz CT molecular complexity index is 1450. The predicted octanol–water partition coefficient (Wildman–Crippen LogP) is 7.58. The molecule has 2 heterocycles. The first-order valence-corrected chi connectivity index (χ1v) is 13.1. The van der Waals surface area contributed by atoms with E-state index >= 15 is 0 Å². The van der Waals surface area contributed by atoms with Gasteiger partial charge in [-0.15, -0.1) is 0 Å². The minimum atomic E-state index is -0.371. The second-order valence-corrected chi connectivity index (χ2v) is 12.0. The molecule has 0 bridgehead atoms. The predicted molar refractivity (Wildman–Crippen MR) is 147 cm³/mol. The zero-order chi connectivity index (χ0) is 24.2. The van der Waals surface area contributed by atoms with E-state index in [1.807, 2.05) is 6.20 Å². The van der Waals surface area contributed by atoms with Crippen LogP contribution in [-0.2, 0) is 5.41 Å². The largest absolute Gasteiger partial charge is 0.259 e. The lowest BCUT2D eigenvalue weighted by atomic mass is 9.52. The third-order valence-electron chi connectivity index (χ3n) is 10.1. The average Bonchev–Trinajstić information content (AvgIpc) is 3.14. The maximum atomic E-state index is 5.15. The molecule has 0 N–H and O–H groups in total. The number of hydrogen-bond acceptors (Lipinski definition) is 1. The molecular formula is C33H32BN. The summed E-state index contributed by atoms with van der Waals surface area (Å²) in [5.41, 5.74) is 12.1. The van der Waals surface area contributed by atoms with Crippen LogP contribution in [0.3, 0.4) is 0 Å². The van der Waals surface area contributed by atoms with Crippen molar-refractivity contribution in [2.24, 2.45) is 0 Å². The van der Waals surface area contributed by atoms with Crippen LogP contribution in [0.15, 0.2) is 85.1 Å². The molecule has 0 unspecified atom stereocenters. The second-order valence-electron chi connectivity index (χ2n) is 12.0. The van der Waals surface area contributed by atoms with Crippen molar-refractivity contribution >= 4 is 12.2 Å². The third-order valence-corrected chi connectivity index (χ3v) is 10.1. The number of pyridine rings is 1. The summed E-state index contributed by atoms with van der Waals surface area (Å²) in [7, 11) is 0. The Morgan fingerprint density at radius 2 is 1.34 bits per heavy atom. The van der Waals surface area contributed by atoms with Gasteiger partial charge in [0, 0.05) is 17.7 Å². The van der Waals surface area contributed by atoms with Gasteiger partial charge < -0.3 is 0 Å². The summed E-state index contributed by atoms with van der Waals surface area (Å²) >= 11 is 0. The molecule has 0 atom stereocenters. The number of hydrogen-bond donors (Lipinski definition) is 0. The molecule has 0 saturated carbocycles.